The predicted octanol–water partition coefficient (Wildman–Crippen LogP) is 33.0. The second-order valence-electron chi connectivity index (χ2n) is 42.3. The van der Waals surface area contributed by atoms with Gasteiger partial charge in [0.05, 0.1) is 16.1 Å². The van der Waals surface area contributed by atoms with Gasteiger partial charge in [-0.15, -0.1) is 0 Å². The van der Waals surface area contributed by atoms with Gasteiger partial charge in [-0.2, -0.15) is 0 Å². The maximum absolute atomic E-state index is 4.93. The molecule has 5 aromatic carbocycles. The van der Waals surface area contributed by atoms with Gasteiger partial charge < -0.3 is 29.7 Å². The Balaban J connectivity index is 0.000000281. The molecule has 16 unspecified atom stereocenters. The van der Waals surface area contributed by atoms with E-state index in [-0.39, 0.29) is 62.2 Å². The predicted molar refractivity (Wildman–Crippen MR) is 501 cm³/mol. The molecule has 0 spiro atoms. The van der Waals surface area contributed by atoms with Gasteiger partial charge in [-0.1, -0.05) is 354 Å². The van der Waals surface area contributed by atoms with Crippen LogP contribution in [0.25, 0.3) is 33.4 Å². The van der Waals surface area contributed by atoms with E-state index in [0.717, 1.165) is 51.8 Å². The molecule has 5 fully saturated rings. The van der Waals surface area contributed by atoms with E-state index in [9.17, 15) is 0 Å². The Hall–Kier alpha value is -2.62. The van der Waals surface area contributed by atoms with Crippen molar-refractivity contribution in [3.05, 3.63) is 267 Å². The van der Waals surface area contributed by atoms with Crippen LogP contribution in [0, 0.1) is 107 Å². The molecule has 0 aromatic heterocycles. The van der Waals surface area contributed by atoms with Crippen molar-refractivity contribution >= 4 is 72.5 Å². The van der Waals surface area contributed by atoms with Crippen molar-refractivity contribution in [3.63, 3.8) is 0 Å². The molecule has 0 radical (unpaired) electrons. The summed E-state index contributed by atoms with van der Waals surface area (Å²) in [5.74, 6) is 9.12. The number of fused-ring (bicyclic) bond motifs is 4. The van der Waals surface area contributed by atoms with Crippen LogP contribution in [0.2, 0.25) is 48.4 Å². The van der Waals surface area contributed by atoms with E-state index in [2.05, 4.69) is 354 Å². The average molecular weight is 1780 g/mol. The summed E-state index contributed by atoms with van der Waals surface area (Å²) in [6.07, 6.45) is 38.7. The van der Waals surface area contributed by atoms with E-state index >= 15 is 0 Å². The van der Waals surface area contributed by atoms with Crippen LogP contribution in [0.4, 0.5) is 0 Å². The number of benzene rings is 5. The molecule has 606 valence electrons. The van der Waals surface area contributed by atoms with Gasteiger partial charge in [-0.25, -0.2) is 0 Å². The molecule has 8 heteroatoms. The SMILES string of the molecule is CC1CC2C(c3cc(C(C)(C)C)cc(C(C)(C)C)c3)=CC=CC2C1[Si](C)(C)C1C(C)CC2C(c3cc(C(C)(C)C)cc(C(C)(C)C)c3)=CC=CC21.CC1CC2C(c3cc(C(C)(C)C)cc(C(C)(C)C)c3)=CC=CC2C1[Si](C)(C)C1C2C=CC=C(c3ccccc3-c3ccccc3)C2CC1C1CC1.[CH3-].[CH3-].[CH3-].[CH3-].[Cl][Zr+2][Cl].[Cl][Zr+2][Cl]. The van der Waals surface area contributed by atoms with Gasteiger partial charge in [0.2, 0.25) is 0 Å². The number of allylic oxidation sites excluding steroid dienone is 16. The molecule has 5 aromatic rings. The number of halogens is 4. The molecule has 14 rings (SSSR count). The van der Waals surface area contributed by atoms with Crippen molar-refractivity contribution in [1.82, 2.24) is 0 Å². The van der Waals surface area contributed by atoms with Crippen LogP contribution in [0.5, 0.6) is 0 Å². The molecular weight excluding hydrogens is 1630 g/mol. The van der Waals surface area contributed by atoms with Crippen LogP contribution in [-0.4, -0.2) is 16.1 Å². The van der Waals surface area contributed by atoms with Gasteiger partial charge in [0, 0.05) is 0 Å². The van der Waals surface area contributed by atoms with Crippen LogP contribution in [-0.2, 0) is 74.2 Å². The van der Waals surface area contributed by atoms with E-state index in [1.165, 1.54) is 105 Å². The topological polar surface area (TPSA) is 0 Å². The summed E-state index contributed by atoms with van der Waals surface area (Å²) in [6, 6.07) is 43.1. The Morgan fingerprint density at radius 2 is 0.562 bits per heavy atom. The van der Waals surface area contributed by atoms with Crippen molar-refractivity contribution in [1.29, 1.82) is 0 Å². The normalized spacial score (nSPS) is 27.7. The second-order valence-corrected chi connectivity index (χ2v) is 59.8. The van der Waals surface area contributed by atoms with Crippen molar-refractivity contribution in [2.75, 3.05) is 0 Å². The molecule has 0 saturated heterocycles. The summed E-state index contributed by atoms with van der Waals surface area (Å²) >= 11 is -1.65. The fourth-order valence-electron chi connectivity index (χ4n) is 23.1. The zero-order valence-corrected chi connectivity index (χ0v) is 84.8. The van der Waals surface area contributed by atoms with Crippen LogP contribution < -0.4 is 0 Å². The van der Waals surface area contributed by atoms with E-state index in [0.29, 0.717) is 47.3 Å². The molecule has 0 amide bonds. The van der Waals surface area contributed by atoms with Crippen molar-refractivity contribution in [2.24, 2.45) is 76.9 Å². The van der Waals surface area contributed by atoms with E-state index < -0.39 is 57.8 Å². The van der Waals surface area contributed by atoms with Gasteiger partial charge in [-0.05, 0) is 259 Å². The Labute approximate surface area is 727 Å². The summed E-state index contributed by atoms with van der Waals surface area (Å²) in [5, 5.41) is 0. The van der Waals surface area contributed by atoms with Gasteiger partial charge in [0.1, 0.15) is 0 Å². The first kappa shape index (κ1) is 96.5. The quantitative estimate of drug-likeness (QED) is 0.0966. The van der Waals surface area contributed by atoms with E-state index in [1.807, 2.05) is 0 Å². The third-order valence-electron chi connectivity index (χ3n) is 28.2. The second kappa shape index (κ2) is 37.6. The molecule has 16 atom stereocenters. The first-order chi connectivity index (χ1) is 50.4. The molecule has 9 aliphatic carbocycles. The standard InChI is InChI=1S/C50H62Si.C50H72Si.4CH3.4ClH.2Zr/c1-32-27-45-39(35-28-36(49(2,3)4)30-37(29-35)50(5,6)7)21-15-23-42(45)47(32)51(8,9)48-43-24-16-22-41(46(43)31-44(48)34-25-26-34)40-20-14-13-19-38(40)33-17-11-10-12-18-33;1-31-23-43-39(33-25-35(47(3,4)5)29-36(26-33)48(6,7)8)19-17-21-41(43)45(31)51(15,16)46-32(2)24-44-40(20-18-22-42(44)46)34-27-37(49(9,10)11)30-38(28-34)50(12,13)14;;;;;;;;;;/h10-24,28-30,32,34,42-48H,25-27,31H2,1-9H3;17-22,25-32,41-46H,23-24H2,1-16H3;4*1H3;4*1H;;/q;;4*-1;;;;;2*+4/p-4. The van der Waals surface area contributed by atoms with Gasteiger partial charge in [0.15, 0.2) is 0 Å². The van der Waals surface area contributed by atoms with Crippen molar-refractivity contribution in [3.8, 4) is 11.1 Å². The minimum absolute atomic E-state index is 0. The fraction of sp³-hybridized carbons (Fsp3) is 0.519. The number of hydrogen-bond acceptors (Lipinski definition) is 0. The summed E-state index contributed by atoms with van der Waals surface area (Å²) < 4.78 is 0. The maximum atomic E-state index is 4.93. The summed E-state index contributed by atoms with van der Waals surface area (Å²) in [7, 11) is 16.2. The average Bonchev–Trinajstić information content (AvgIpc) is 1.56. The Bertz CT molecular complexity index is 4050. The van der Waals surface area contributed by atoms with E-state index in [4.69, 9.17) is 34.1 Å². The van der Waals surface area contributed by atoms with Crippen LogP contribution in [0.3, 0.4) is 0 Å². The molecule has 0 N–H and O–H groups in total. The Morgan fingerprint density at radius 1 is 0.312 bits per heavy atom. The zero-order chi connectivity index (χ0) is 78.9. The van der Waals surface area contributed by atoms with Gasteiger partial charge in [-0.3, -0.25) is 0 Å². The summed E-state index contributed by atoms with van der Waals surface area (Å²) in [5.41, 5.74) is 27.8. The zero-order valence-electron chi connectivity index (χ0n) is 74.9. The monoisotopic (exact) mass is 1770 g/mol. The Morgan fingerprint density at radius 3 is 0.848 bits per heavy atom. The third-order valence-corrected chi connectivity index (χ3v) is 38.8. The molecule has 0 bridgehead atoms. The first-order valence-electron chi connectivity index (χ1n) is 41.6. The van der Waals surface area contributed by atoms with Crippen LogP contribution in [0.1, 0.15) is 240 Å². The molecule has 5 saturated carbocycles. The van der Waals surface area contributed by atoms with E-state index in [1.54, 1.807) is 22.3 Å². The molecule has 112 heavy (non-hydrogen) atoms. The third kappa shape index (κ3) is 20.5. The van der Waals surface area contributed by atoms with Crippen LogP contribution >= 0.6 is 34.1 Å². The molecular formula is C104H146Cl4Si2Zr2. The Kier molecular flexibility index (Phi) is 32.4. The molecule has 0 aliphatic heterocycles. The molecule has 9 aliphatic rings. The van der Waals surface area contributed by atoms with Gasteiger partial charge >= 0.3 is 75.7 Å². The first-order valence-corrected chi connectivity index (χ1v) is 60.5. The van der Waals surface area contributed by atoms with Gasteiger partial charge in [0.25, 0.3) is 0 Å². The van der Waals surface area contributed by atoms with Crippen molar-refractivity contribution in [2.45, 2.75) is 265 Å². The summed E-state index contributed by atoms with van der Waals surface area (Å²) in [6.45, 7) is 62.0. The molecule has 0 heterocycles. The summed E-state index contributed by atoms with van der Waals surface area (Å²) in [4.78, 5) is 0. The minimum atomic E-state index is -1.78. The van der Waals surface area contributed by atoms with Crippen LogP contribution in [0.15, 0.2) is 182 Å². The van der Waals surface area contributed by atoms with Crippen molar-refractivity contribution < 1.29 is 41.7 Å². The number of rotatable bonds is 10. The fourth-order valence-corrected chi connectivity index (χ4v) is 35.7. The molecule has 0 nitrogen and oxygen atoms in total. The number of hydrogen-bond donors (Lipinski definition) is 0.